The number of hydrogen-bond donors (Lipinski definition) is 1. The zero-order valence-corrected chi connectivity index (χ0v) is 9.38. The van der Waals surface area contributed by atoms with Crippen molar-refractivity contribution in [2.75, 3.05) is 0 Å². The predicted octanol–water partition coefficient (Wildman–Crippen LogP) is 2.09. The molecule has 2 heterocycles. The van der Waals surface area contributed by atoms with Gasteiger partial charge in [-0.25, -0.2) is 9.37 Å². The van der Waals surface area contributed by atoms with Crippen molar-refractivity contribution < 1.29 is 4.39 Å². The summed E-state index contributed by atoms with van der Waals surface area (Å²) < 4.78 is 14.7. The molecule has 0 aliphatic rings. The van der Waals surface area contributed by atoms with Crippen LogP contribution >= 0.6 is 12.4 Å². The van der Waals surface area contributed by atoms with E-state index in [4.69, 9.17) is 5.73 Å². The fourth-order valence-electron chi connectivity index (χ4n) is 1.44. The summed E-state index contributed by atoms with van der Waals surface area (Å²) in [5, 5.41) is 0. The highest BCUT2D eigenvalue weighted by atomic mass is 35.5. The van der Waals surface area contributed by atoms with Crippen LogP contribution < -0.4 is 5.73 Å². The molecule has 0 bridgehead atoms. The van der Waals surface area contributed by atoms with E-state index in [0.717, 1.165) is 5.52 Å². The molecule has 0 amide bonds. The molecule has 0 atom stereocenters. The first kappa shape index (κ1) is 11.9. The Hall–Kier alpha value is -1.13. The number of rotatable bonds is 1. The van der Waals surface area contributed by atoms with Crippen LogP contribution in [0.15, 0.2) is 24.5 Å². The molecule has 0 saturated heterocycles. The van der Waals surface area contributed by atoms with Crippen molar-refractivity contribution in [1.29, 1.82) is 0 Å². The molecule has 0 spiro atoms. The Morgan fingerprint density at radius 2 is 2.07 bits per heavy atom. The maximum Gasteiger partial charge on any atom is 0.139 e. The van der Waals surface area contributed by atoms with Gasteiger partial charge >= 0.3 is 0 Å². The van der Waals surface area contributed by atoms with Gasteiger partial charge in [-0.05, 0) is 26.0 Å². The average Bonchev–Trinajstić information content (AvgIpc) is 2.45. The Morgan fingerprint density at radius 3 is 2.67 bits per heavy atom. The molecule has 82 valence electrons. The van der Waals surface area contributed by atoms with E-state index in [1.165, 1.54) is 12.3 Å². The fourth-order valence-corrected chi connectivity index (χ4v) is 1.44. The second-order valence-corrected chi connectivity index (χ2v) is 3.95. The van der Waals surface area contributed by atoms with Crippen molar-refractivity contribution in [3.63, 3.8) is 0 Å². The van der Waals surface area contributed by atoms with E-state index >= 15 is 0 Å². The van der Waals surface area contributed by atoms with Gasteiger partial charge in [-0.2, -0.15) is 0 Å². The largest absolute Gasteiger partial charge is 0.319 e. The Kier molecular flexibility index (Phi) is 3.02. The third kappa shape index (κ3) is 2.11. The SMILES string of the molecule is CC(C)(N)c1ncc2ccc(F)cn12.Cl. The Bertz CT molecular complexity index is 473. The minimum absolute atomic E-state index is 0. The first-order chi connectivity index (χ1) is 6.48. The minimum Gasteiger partial charge on any atom is -0.319 e. The van der Waals surface area contributed by atoms with Crippen molar-refractivity contribution >= 4 is 17.9 Å². The molecule has 0 aromatic carbocycles. The smallest absolute Gasteiger partial charge is 0.139 e. The highest BCUT2D eigenvalue weighted by molar-refractivity contribution is 5.85. The molecular weight excluding hydrogens is 217 g/mol. The molecule has 2 N–H and O–H groups in total. The maximum atomic E-state index is 13.0. The van der Waals surface area contributed by atoms with Crippen LogP contribution in [0.2, 0.25) is 0 Å². The van der Waals surface area contributed by atoms with Crippen LogP contribution in [0.5, 0.6) is 0 Å². The van der Waals surface area contributed by atoms with E-state index < -0.39 is 5.54 Å². The maximum absolute atomic E-state index is 13.0. The summed E-state index contributed by atoms with van der Waals surface area (Å²) in [5.41, 5.74) is 6.19. The summed E-state index contributed by atoms with van der Waals surface area (Å²) in [5.74, 6) is 0.369. The summed E-state index contributed by atoms with van der Waals surface area (Å²) in [4.78, 5) is 4.18. The van der Waals surface area contributed by atoms with Gasteiger partial charge in [0, 0.05) is 6.20 Å². The molecule has 15 heavy (non-hydrogen) atoms. The first-order valence-corrected chi connectivity index (χ1v) is 4.40. The number of nitrogens with two attached hydrogens (primary N) is 1. The lowest BCUT2D eigenvalue weighted by Crippen LogP contribution is -2.31. The van der Waals surface area contributed by atoms with Crippen molar-refractivity contribution in [3.05, 3.63) is 36.2 Å². The van der Waals surface area contributed by atoms with E-state index in [0.29, 0.717) is 5.82 Å². The number of fused-ring (bicyclic) bond motifs is 1. The third-order valence-electron chi connectivity index (χ3n) is 2.07. The lowest BCUT2D eigenvalue weighted by atomic mass is 10.1. The molecular formula is C10H13ClFN3. The topological polar surface area (TPSA) is 43.3 Å². The van der Waals surface area contributed by atoms with Crippen LogP contribution in [0, 0.1) is 5.82 Å². The van der Waals surface area contributed by atoms with Gasteiger partial charge in [-0.15, -0.1) is 12.4 Å². The fraction of sp³-hybridized carbons (Fsp3) is 0.300. The Balaban J connectivity index is 0.00000112. The molecule has 3 nitrogen and oxygen atoms in total. The number of hydrogen-bond acceptors (Lipinski definition) is 2. The molecule has 0 radical (unpaired) electrons. The number of pyridine rings is 1. The molecule has 0 aliphatic carbocycles. The van der Waals surface area contributed by atoms with E-state index in [9.17, 15) is 4.39 Å². The van der Waals surface area contributed by atoms with Gasteiger partial charge in [0.15, 0.2) is 0 Å². The molecule has 2 aromatic rings. The van der Waals surface area contributed by atoms with Gasteiger partial charge in [-0.3, -0.25) is 4.40 Å². The number of aromatic nitrogens is 2. The highest BCUT2D eigenvalue weighted by Gasteiger charge is 2.19. The molecule has 5 heteroatoms. The predicted molar refractivity (Wildman–Crippen MR) is 59.6 cm³/mol. The quantitative estimate of drug-likeness (QED) is 0.814. The van der Waals surface area contributed by atoms with Crippen molar-refractivity contribution in [2.45, 2.75) is 19.4 Å². The van der Waals surface area contributed by atoms with Crippen molar-refractivity contribution in [1.82, 2.24) is 9.38 Å². The highest BCUT2D eigenvalue weighted by Crippen LogP contribution is 2.17. The van der Waals surface area contributed by atoms with Crippen LogP contribution in [-0.4, -0.2) is 9.38 Å². The zero-order valence-electron chi connectivity index (χ0n) is 8.57. The standard InChI is InChI=1S/C10H12FN3.ClH/c1-10(2,12)9-13-5-8-4-3-7(11)6-14(8)9;/h3-6H,12H2,1-2H3;1H. The van der Waals surface area contributed by atoms with Crippen LogP contribution in [0.1, 0.15) is 19.7 Å². The van der Waals surface area contributed by atoms with Crippen LogP contribution in [0.4, 0.5) is 4.39 Å². The third-order valence-corrected chi connectivity index (χ3v) is 2.07. The molecule has 0 aliphatic heterocycles. The molecule has 2 rings (SSSR count). The van der Waals surface area contributed by atoms with E-state index in [2.05, 4.69) is 4.98 Å². The summed E-state index contributed by atoms with van der Waals surface area (Å²) in [6, 6.07) is 3.09. The van der Waals surface area contributed by atoms with Gasteiger partial charge in [0.2, 0.25) is 0 Å². The van der Waals surface area contributed by atoms with Crippen LogP contribution in [-0.2, 0) is 5.54 Å². The Morgan fingerprint density at radius 1 is 1.40 bits per heavy atom. The lowest BCUT2D eigenvalue weighted by Gasteiger charge is -2.16. The molecule has 0 saturated carbocycles. The number of nitrogens with zero attached hydrogens (tertiary/aromatic N) is 2. The van der Waals surface area contributed by atoms with Gasteiger partial charge in [0.05, 0.1) is 17.3 Å². The minimum atomic E-state index is -0.569. The summed E-state index contributed by atoms with van der Waals surface area (Å²) in [7, 11) is 0. The Labute approximate surface area is 93.5 Å². The average molecular weight is 230 g/mol. The summed E-state index contributed by atoms with van der Waals surface area (Å²) in [6.45, 7) is 3.68. The van der Waals surface area contributed by atoms with Crippen LogP contribution in [0.25, 0.3) is 5.52 Å². The lowest BCUT2D eigenvalue weighted by molar-refractivity contribution is 0.508. The zero-order chi connectivity index (χ0) is 10.3. The van der Waals surface area contributed by atoms with Gasteiger partial charge in [-0.1, -0.05) is 0 Å². The van der Waals surface area contributed by atoms with Gasteiger partial charge < -0.3 is 5.73 Å². The van der Waals surface area contributed by atoms with Crippen molar-refractivity contribution in [2.24, 2.45) is 5.73 Å². The number of halogens is 2. The molecule has 0 fully saturated rings. The van der Waals surface area contributed by atoms with Gasteiger partial charge in [0.1, 0.15) is 11.6 Å². The van der Waals surface area contributed by atoms with E-state index in [-0.39, 0.29) is 18.2 Å². The van der Waals surface area contributed by atoms with E-state index in [1.807, 2.05) is 13.8 Å². The van der Waals surface area contributed by atoms with Gasteiger partial charge in [0.25, 0.3) is 0 Å². The first-order valence-electron chi connectivity index (χ1n) is 4.40. The van der Waals surface area contributed by atoms with Crippen molar-refractivity contribution in [3.8, 4) is 0 Å². The second kappa shape index (κ2) is 3.79. The number of imidazole rings is 1. The second-order valence-electron chi connectivity index (χ2n) is 3.95. The molecule has 2 aromatic heterocycles. The van der Waals surface area contributed by atoms with Crippen LogP contribution in [0.3, 0.4) is 0 Å². The van der Waals surface area contributed by atoms with E-state index in [1.54, 1.807) is 16.7 Å². The monoisotopic (exact) mass is 229 g/mol. The summed E-state index contributed by atoms with van der Waals surface area (Å²) in [6.07, 6.45) is 3.08. The normalized spacial score (nSPS) is 11.5. The molecule has 0 unspecified atom stereocenters. The summed E-state index contributed by atoms with van der Waals surface area (Å²) >= 11 is 0.